The normalized spacial score (nSPS) is 15.1. The average molecular weight is 401 g/mol. The van der Waals surface area contributed by atoms with Crippen molar-refractivity contribution in [2.45, 2.75) is 25.8 Å². The lowest BCUT2D eigenvalue weighted by molar-refractivity contribution is 0.0919. The molecule has 1 aliphatic rings. The third-order valence-corrected chi connectivity index (χ3v) is 5.22. The van der Waals surface area contributed by atoms with Gasteiger partial charge in [-0.2, -0.15) is 5.10 Å². The summed E-state index contributed by atoms with van der Waals surface area (Å²) in [5.74, 6) is 0.394. The van der Waals surface area contributed by atoms with Gasteiger partial charge in [0.1, 0.15) is 17.8 Å². The first-order valence-corrected chi connectivity index (χ1v) is 9.62. The van der Waals surface area contributed by atoms with Crippen LogP contribution in [0.15, 0.2) is 30.6 Å². The Balaban J connectivity index is 1.68. The highest BCUT2D eigenvalue weighted by molar-refractivity contribution is 6.30. The maximum absolute atomic E-state index is 11.9. The van der Waals surface area contributed by atoms with Crippen LogP contribution in [0.3, 0.4) is 0 Å². The minimum absolute atomic E-state index is 0.114. The number of hydrogen-bond acceptors (Lipinski definition) is 6. The Labute approximate surface area is 167 Å². The fourth-order valence-corrected chi connectivity index (χ4v) is 3.69. The van der Waals surface area contributed by atoms with Gasteiger partial charge >= 0.3 is 6.09 Å². The van der Waals surface area contributed by atoms with Crippen LogP contribution < -0.4 is 5.73 Å². The molecule has 8 nitrogen and oxygen atoms in total. The molecule has 0 aliphatic carbocycles. The highest BCUT2D eigenvalue weighted by atomic mass is 35.5. The van der Waals surface area contributed by atoms with Crippen molar-refractivity contribution in [1.82, 2.24) is 24.6 Å². The number of carbonyl (C=O) groups is 1. The summed E-state index contributed by atoms with van der Waals surface area (Å²) in [6.07, 6.45) is 2.72. The number of piperidine rings is 1. The number of aromatic nitrogens is 4. The van der Waals surface area contributed by atoms with E-state index < -0.39 is 0 Å². The fourth-order valence-electron chi connectivity index (χ4n) is 3.57. The molecule has 0 bridgehead atoms. The Kier molecular flexibility index (Phi) is 5.04. The number of ether oxygens (including phenoxy) is 1. The molecule has 3 aromatic rings. The molecule has 1 amide bonds. The molecule has 1 fully saturated rings. The number of hydrogen-bond donors (Lipinski definition) is 1. The van der Waals surface area contributed by atoms with E-state index in [9.17, 15) is 4.79 Å². The predicted octanol–water partition coefficient (Wildman–Crippen LogP) is 3.52. The van der Waals surface area contributed by atoms with E-state index in [-0.39, 0.29) is 12.1 Å². The first kappa shape index (κ1) is 18.5. The van der Waals surface area contributed by atoms with Gasteiger partial charge in [-0.1, -0.05) is 23.7 Å². The Hall–Kier alpha value is -2.87. The molecule has 0 spiro atoms. The van der Waals surface area contributed by atoms with E-state index in [0.717, 1.165) is 29.5 Å². The van der Waals surface area contributed by atoms with Crippen LogP contribution in [0.5, 0.6) is 0 Å². The van der Waals surface area contributed by atoms with Gasteiger partial charge in [-0.25, -0.2) is 19.4 Å². The zero-order chi connectivity index (χ0) is 19.7. The fraction of sp³-hybridized carbons (Fsp3) is 0.368. The summed E-state index contributed by atoms with van der Waals surface area (Å²) >= 11 is 6.02. The maximum atomic E-state index is 11.9. The van der Waals surface area contributed by atoms with E-state index in [0.29, 0.717) is 36.2 Å². The van der Waals surface area contributed by atoms with Crippen LogP contribution >= 0.6 is 11.6 Å². The van der Waals surface area contributed by atoms with Crippen molar-refractivity contribution in [2.24, 2.45) is 0 Å². The van der Waals surface area contributed by atoms with Crippen molar-refractivity contribution in [2.75, 3.05) is 25.4 Å². The number of carbonyl (C=O) groups excluding carboxylic acids is 1. The lowest BCUT2D eigenvalue weighted by Gasteiger charge is -2.31. The van der Waals surface area contributed by atoms with E-state index >= 15 is 0 Å². The Morgan fingerprint density at radius 3 is 2.64 bits per heavy atom. The molecule has 28 heavy (non-hydrogen) atoms. The van der Waals surface area contributed by atoms with Crippen LogP contribution in [-0.4, -0.2) is 50.4 Å². The Bertz CT molecular complexity index is 996. The van der Waals surface area contributed by atoms with Crippen molar-refractivity contribution in [3.8, 4) is 11.3 Å². The van der Waals surface area contributed by atoms with E-state index in [4.69, 9.17) is 27.2 Å². The molecule has 2 N–H and O–H groups in total. The standard InChI is InChI=1S/C19H21ClN6O2/c1-2-28-19(27)25-9-7-14(8-10-25)26-18-15(17(21)22-11-23-18)16(24-26)12-3-5-13(20)6-4-12/h3-6,11,14H,2,7-10H2,1H3,(H2,21,22,23). The third-order valence-electron chi connectivity index (χ3n) is 4.97. The average Bonchev–Trinajstić information content (AvgIpc) is 3.10. The second kappa shape index (κ2) is 7.63. The number of nitrogen functional groups attached to an aromatic ring is 1. The smallest absolute Gasteiger partial charge is 0.409 e. The molecule has 1 saturated heterocycles. The van der Waals surface area contributed by atoms with Crippen LogP contribution in [-0.2, 0) is 4.74 Å². The minimum Gasteiger partial charge on any atom is -0.450 e. The number of likely N-dealkylation sites (tertiary alicyclic amines) is 1. The van der Waals surface area contributed by atoms with Crippen molar-refractivity contribution < 1.29 is 9.53 Å². The minimum atomic E-state index is -0.264. The summed E-state index contributed by atoms with van der Waals surface area (Å²) in [6.45, 7) is 3.41. The SMILES string of the molecule is CCOC(=O)N1CCC(n2nc(-c3ccc(Cl)cc3)c3c(N)ncnc32)CC1. The van der Waals surface area contributed by atoms with E-state index in [1.54, 1.807) is 4.90 Å². The van der Waals surface area contributed by atoms with Gasteiger partial charge in [-0.15, -0.1) is 0 Å². The second-order valence-electron chi connectivity index (χ2n) is 6.67. The molecule has 3 heterocycles. The molecular formula is C19H21ClN6O2. The Morgan fingerprint density at radius 2 is 1.96 bits per heavy atom. The summed E-state index contributed by atoms with van der Waals surface area (Å²) in [4.78, 5) is 22.3. The van der Waals surface area contributed by atoms with Crippen LogP contribution in [0.25, 0.3) is 22.3 Å². The molecule has 2 aromatic heterocycles. The molecule has 1 aromatic carbocycles. The lowest BCUT2D eigenvalue weighted by atomic mass is 10.1. The zero-order valence-electron chi connectivity index (χ0n) is 15.5. The van der Waals surface area contributed by atoms with Crippen molar-refractivity contribution in [3.05, 3.63) is 35.6 Å². The second-order valence-corrected chi connectivity index (χ2v) is 7.11. The number of amides is 1. The number of halogens is 1. The summed E-state index contributed by atoms with van der Waals surface area (Å²) in [5.41, 5.74) is 8.50. The maximum Gasteiger partial charge on any atom is 0.409 e. The molecule has 0 unspecified atom stereocenters. The molecule has 1 aliphatic heterocycles. The summed E-state index contributed by atoms with van der Waals surface area (Å²) in [7, 11) is 0. The molecule has 146 valence electrons. The number of nitrogens with two attached hydrogens (primary N) is 1. The van der Waals surface area contributed by atoms with Gasteiger partial charge in [0.25, 0.3) is 0 Å². The van der Waals surface area contributed by atoms with E-state index in [1.807, 2.05) is 35.9 Å². The quantitative estimate of drug-likeness (QED) is 0.722. The first-order chi connectivity index (χ1) is 13.6. The van der Waals surface area contributed by atoms with Crippen molar-refractivity contribution in [1.29, 1.82) is 0 Å². The molecule has 0 saturated carbocycles. The molecule has 9 heteroatoms. The van der Waals surface area contributed by atoms with Crippen molar-refractivity contribution >= 4 is 34.5 Å². The van der Waals surface area contributed by atoms with Gasteiger partial charge in [0.2, 0.25) is 0 Å². The molecule has 0 atom stereocenters. The number of rotatable bonds is 3. The topological polar surface area (TPSA) is 99.2 Å². The van der Waals surface area contributed by atoms with Gasteiger partial charge < -0.3 is 15.4 Å². The molecule has 4 rings (SSSR count). The van der Waals surface area contributed by atoms with Gasteiger partial charge in [0.05, 0.1) is 18.0 Å². The van der Waals surface area contributed by atoms with E-state index in [1.165, 1.54) is 6.33 Å². The summed E-state index contributed by atoms with van der Waals surface area (Å²) in [5, 5.41) is 6.23. The highest BCUT2D eigenvalue weighted by Gasteiger charge is 2.28. The van der Waals surface area contributed by atoms with Crippen molar-refractivity contribution in [3.63, 3.8) is 0 Å². The lowest BCUT2D eigenvalue weighted by Crippen LogP contribution is -2.39. The zero-order valence-corrected chi connectivity index (χ0v) is 16.3. The van der Waals surface area contributed by atoms with Gasteiger partial charge in [-0.05, 0) is 31.9 Å². The summed E-state index contributed by atoms with van der Waals surface area (Å²) in [6, 6.07) is 7.57. The number of anilines is 1. The number of benzene rings is 1. The predicted molar refractivity (Wildman–Crippen MR) is 107 cm³/mol. The monoisotopic (exact) mass is 400 g/mol. The third kappa shape index (κ3) is 3.35. The number of fused-ring (bicyclic) bond motifs is 1. The summed E-state index contributed by atoms with van der Waals surface area (Å²) < 4.78 is 7.01. The van der Waals surface area contributed by atoms with Crippen LogP contribution in [0.2, 0.25) is 5.02 Å². The first-order valence-electron chi connectivity index (χ1n) is 9.24. The van der Waals surface area contributed by atoms with Gasteiger partial charge in [0.15, 0.2) is 5.65 Å². The largest absolute Gasteiger partial charge is 0.450 e. The highest BCUT2D eigenvalue weighted by Crippen LogP contribution is 2.34. The van der Waals surface area contributed by atoms with Crippen LogP contribution in [0, 0.1) is 0 Å². The van der Waals surface area contributed by atoms with Crippen LogP contribution in [0.4, 0.5) is 10.6 Å². The molecular weight excluding hydrogens is 380 g/mol. The van der Waals surface area contributed by atoms with Gasteiger partial charge in [0, 0.05) is 23.7 Å². The van der Waals surface area contributed by atoms with Crippen LogP contribution in [0.1, 0.15) is 25.8 Å². The van der Waals surface area contributed by atoms with Gasteiger partial charge in [-0.3, -0.25) is 0 Å². The van der Waals surface area contributed by atoms with E-state index in [2.05, 4.69) is 9.97 Å². The Morgan fingerprint density at radius 1 is 1.25 bits per heavy atom. The number of nitrogens with zero attached hydrogens (tertiary/aromatic N) is 5. The molecule has 0 radical (unpaired) electrons.